The summed E-state index contributed by atoms with van der Waals surface area (Å²) in [6.45, 7) is 4.17. The number of carboxylic acids is 1. The highest BCUT2D eigenvalue weighted by molar-refractivity contribution is 8.00. The van der Waals surface area contributed by atoms with Crippen molar-refractivity contribution >= 4 is 17.7 Å². The number of carboxylic acid groups (broad SMARTS) is 1. The van der Waals surface area contributed by atoms with Crippen LogP contribution in [-0.4, -0.2) is 16.3 Å². The summed E-state index contributed by atoms with van der Waals surface area (Å²) in [5, 5.41) is 9.24. The smallest absolute Gasteiger partial charge is 0.304 e. The van der Waals surface area contributed by atoms with Crippen LogP contribution in [0.5, 0.6) is 0 Å². The fourth-order valence-electron chi connectivity index (χ4n) is 2.05. The van der Waals surface area contributed by atoms with Gasteiger partial charge in [-0.1, -0.05) is 24.6 Å². The Labute approximate surface area is 93.7 Å². The minimum Gasteiger partial charge on any atom is -0.481 e. The number of carbonyl (C=O) groups is 1. The van der Waals surface area contributed by atoms with Gasteiger partial charge in [-0.25, -0.2) is 0 Å². The summed E-state index contributed by atoms with van der Waals surface area (Å²) in [7, 11) is 0. The Morgan fingerprint density at radius 1 is 1.53 bits per heavy atom. The van der Waals surface area contributed by atoms with Crippen LogP contribution in [-0.2, 0) is 4.79 Å². The van der Waals surface area contributed by atoms with Crippen molar-refractivity contribution in [2.75, 3.05) is 0 Å². The van der Waals surface area contributed by atoms with E-state index < -0.39 is 5.97 Å². The summed E-state index contributed by atoms with van der Waals surface area (Å²) < 4.78 is 0. The van der Waals surface area contributed by atoms with Gasteiger partial charge in [-0.3, -0.25) is 4.79 Å². The highest BCUT2D eigenvalue weighted by Crippen LogP contribution is 2.46. The van der Waals surface area contributed by atoms with Gasteiger partial charge in [0.2, 0.25) is 0 Å². The molecule has 0 fully saturated rings. The van der Waals surface area contributed by atoms with Gasteiger partial charge >= 0.3 is 5.97 Å². The van der Waals surface area contributed by atoms with Gasteiger partial charge in [0, 0.05) is 16.1 Å². The lowest BCUT2D eigenvalue weighted by atomic mass is 9.93. The minimum atomic E-state index is -0.708. The van der Waals surface area contributed by atoms with Crippen molar-refractivity contribution in [2.45, 2.75) is 36.3 Å². The molecular formula is C12H14O2S. The largest absolute Gasteiger partial charge is 0.481 e. The van der Waals surface area contributed by atoms with E-state index in [1.54, 1.807) is 11.8 Å². The molecule has 0 amide bonds. The number of hydrogen-bond donors (Lipinski definition) is 1. The Kier molecular flexibility index (Phi) is 2.74. The standard InChI is InChI=1S/C12H14O2S/c1-7-3-4-9-10(6-12(13)14)8(2)15-11(9)5-7/h3-5,8,10H,6H2,1-2H3,(H,13,14). The fraction of sp³-hybridized carbons (Fsp3) is 0.417. The predicted molar refractivity (Wildman–Crippen MR) is 61.5 cm³/mol. The SMILES string of the molecule is Cc1ccc2c(c1)SC(C)C2CC(=O)O. The summed E-state index contributed by atoms with van der Waals surface area (Å²) in [5.74, 6) is -0.538. The van der Waals surface area contributed by atoms with E-state index in [4.69, 9.17) is 5.11 Å². The van der Waals surface area contributed by atoms with Crippen molar-refractivity contribution in [1.82, 2.24) is 0 Å². The Hall–Kier alpha value is -0.960. The molecule has 3 heteroatoms. The van der Waals surface area contributed by atoms with Crippen LogP contribution in [0.2, 0.25) is 0 Å². The minimum absolute atomic E-state index is 0.170. The second-order valence-electron chi connectivity index (χ2n) is 4.07. The summed E-state index contributed by atoms with van der Waals surface area (Å²) >= 11 is 1.79. The molecule has 0 saturated carbocycles. The van der Waals surface area contributed by atoms with Gasteiger partial charge in [-0.05, 0) is 18.6 Å². The molecular weight excluding hydrogens is 208 g/mol. The van der Waals surface area contributed by atoms with Gasteiger partial charge in [-0.2, -0.15) is 0 Å². The molecule has 0 saturated heterocycles. The van der Waals surface area contributed by atoms with Crippen LogP contribution in [0.4, 0.5) is 0 Å². The van der Waals surface area contributed by atoms with Crippen LogP contribution in [0.15, 0.2) is 23.1 Å². The highest BCUT2D eigenvalue weighted by atomic mass is 32.2. The van der Waals surface area contributed by atoms with Gasteiger partial charge in [0.15, 0.2) is 0 Å². The zero-order valence-corrected chi connectivity index (χ0v) is 9.67. The lowest BCUT2D eigenvalue weighted by Crippen LogP contribution is -2.11. The molecule has 1 N–H and O–H groups in total. The van der Waals surface area contributed by atoms with E-state index in [9.17, 15) is 4.79 Å². The van der Waals surface area contributed by atoms with Crippen molar-refractivity contribution in [2.24, 2.45) is 0 Å². The second-order valence-corrected chi connectivity index (χ2v) is 5.49. The van der Waals surface area contributed by atoms with Gasteiger partial charge in [-0.15, -0.1) is 11.8 Å². The molecule has 2 atom stereocenters. The molecule has 80 valence electrons. The summed E-state index contributed by atoms with van der Waals surface area (Å²) in [6.07, 6.45) is 0.240. The fourth-order valence-corrected chi connectivity index (χ4v) is 3.47. The summed E-state index contributed by atoms with van der Waals surface area (Å²) in [5.41, 5.74) is 2.45. The lowest BCUT2D eigenvalue weighted by molar-refractivity contribution is -0.137. The maximum atomic E-state index is 10.8. The number of hydrogen-bond acceptors (Lipinski definition) is 2. The Morgan fingerprint density at radius 2 is 2.27 bits per heavy atom. The van der Waals surface area contributed by atoms with E-state index in [1.807, 2.05) is 0 Å². The number of aliphatic carboxylic acids is 1. The molecule has 2 rings (SSSR count). The third kappa shape index (κ3) is 2.02. The van der Waals surface area contributed by atoms with E-state index in [0.29, 0.717) is 5.25 Å². The van der Waals surface area contributed by atoms with Crippen molar-refractivity contribution in [3.63, 3.8) is 0 Å². The first kappa shape index (κ1) is 10.6. The van der Waals surface area contributed by atoms with Gasteiger partial charge in [0.1, 0.15) is 0 Å². The molecule has 1 aliphatic heterocycles. The number of benzene rings is 1. The van der Waals surface area contributed by atoms with Gasteiger partial charge in [0.25, 0.3) is 0 Å². The number of aryl methyl sites for hydroxylation is 1. The topological polar surface area (TPSA) is 37.3 Å². The summed E-state index contributed by atoms with van der Waals surface area (Å²) in [6, 6.07) is 6.29. The van der Waals surface area contributed by atoms with Crippen LogP contribution < -0.4 is 0 Å². The van der Waals surface area contributed by atoms with E-state index in [0.717, 1.165) is 0 Å². The molecule has 0 aliphatic carbocycles. The van der Waals surface area contributed by atoms with Crippen molar-refractivity contribution in [1.29, 1.82) is 0 Å². The quantitative estimate of drug-likeness (QED) is 0.835. The van der Waals surface area contributed by atoms with E-state index in [1.165, 1.54) is 16.0 Å². The monoisotopic (exact) mass is 222 g/mol. The third-order valence-corrected chi connectivity index (χ3v) is 4.15. The third-order valence-electron chi connectivity index (χ3n) is 2.84. The van der Waals surface area contributed by atoms with E-state index in [2.05, 4.69) is 32.0 Å². The molecule has 2 unspecified atom stereocenters. The highest BCUT2D eigenvalue weighted by Gasteiger charge is 2.31. The molecule has 0 radical (unpaired) electrons. The molecule has 1 aliphatic rings. The first-order valence-corrected chi connectivity index (χ1v) is 5.95. The van der Waals surface area contributed by atoms with Crippen LogP contribution in [0.3, 0.4) is 0 Å². The normalized spacial score (nSPS) is 23.9. The van der Waals surface area contributed by atoms with Crippen LogP contribution in [0.1, 0.15) is 30.4 Å². The van der Waals surface area contributed by atoms with Crippen molar-refractivity contribution in [3.05, 3.63) is 29.3 Å². The molecule has 1 heterocycles. The molecule has 15 heavy (non-hydrogen) atoms. The van der Waals surface area contributed by atoms with Crippen molar-refractivity contribution < 1.29 is 9.90 Å². The average molecular weight is 222 g/mol. The van der Waals surface area contributed by atoms with E-state index in [-0.39, 0.29) is 12.3 Å². The molecule has 0 spiro atoms. The van der Waals surface area contributed by atoms with E-state index >= 15 is 0 Å². The zero-order valence-electron chi connectivity index (χ0n) is 8.86. The van der Waals surface area contributed by atoms with Crippen molar-refractivity contribution in [3.8, 4) is 0 Å². The predicted octanol–water partition coefficient (Wildman–Crippen LogP) is 3.05. The maximum absolute atomic E-state index is 10.8. The van der Waals surface area contributed by atoms with Crippen LogP contribution >= 0.6 is 11.8 Å². The molecule has 1 aromatic carbocycles. The first-order valence-electron chi connectivity index (χ1n) is 5.07. The first-order chi connectivity index (χ1) is 7.08. The molecule has 2 nitrogen and oxygen atoms in total. The maximum Gasteiger partial charge on any atom is 0.304 e. The number of rotatable bonds is 2. The second kappa shape index (κ2) is 3.89. The average Bonchev–Trinajstić information content (AvgIpc) is 2.41. The molecule has 0 bridgehead atoms. The van der Waals surface area contributed by atoms with Crippen LogP contribution in [0.25, 0.3) is 0 Å². The van der Waals surface area contributed by atoms with Crippen LogP contribution in [0, 0.1) is 6.92 Å². The number of fused-ring (bicyclic) bond motifs is 1. The Bertz CT molecular complexity index is 401. The lowest BCUT2D eigenvalue weighted by Gasteiger charge is -2.12. The molecule has 0 aromatic heterocycles. The van der Waals surface area contributed by atoms with Gasteiger partial charge < -0.3 is 5.11 Å². The molecule has 1 aromatic rings. The van der Waals surface area contributed by atoms with Gasteiger partial charge in [0.05, 0.1) is 6.42 Å². The Balaban J connectivity index is 2.33. The Morgan fingerprint density at radius 3 is 2.93 bits per heavy atom. The number of thioether (sulfide) groups is 1. The zero-order chi connectivity index (χ0) is 11.0. The summed E-state index contributed by atoms with van der Waals surface area (Å²) in [4.78, 5) is 12.0.